The second kappa shape index (κ2) is 9.08. The van der Waals surface area contributed by atoms with Gasteiger partial charge in [0.15, 0.2) is 5.16 Å². The van der Waals surface area contributed by atoms with Gasteiger partial charge in [0, 0.05) is 27.2 Å². The Balaban J connectivity index is 1.71. The van der Waals surface area contributed by atoms with E-state index < -0.39 is 0 Å². The molecule has 144 valence electrons. The Morgan fingerprint density at radius 2 is 1.96 bits per heavy atom. The van der Waals surface area contributed by atoms with Crippen molar-refractivity contribution in [1.82, 2.24) is 9.97 Å². The van der Waals surface area contributed by atoms with E-state index in [9.17, 15) is 9.59 Å². The zero-order valence-electron chi connectivity index (χ0n) is 15.5. The van der Waals surface area contributed by atoms with E-state index in [1.807, 2.05) is 30.3 Å². The normalized spacial score (nSPS) is 11.8. The Bertz CT molecular complexity index is 1040. The molecule has 0 aliphatic carbocycles. The SMILES string of the molecule is Cc1nc(SC(C)c2ccccc2)[nH]c(=O)c1CC(=O)Nc1cccc(Cl)c1. The van der Waals surface area contributed by atoms with E-state index in [0.717, 1.165) is 5.56 Å². The Morgan fingerprint density at radius 1 is 1.21 bits per heavy atom. The van der Waals surface area contributed by atoms with Crippen LogP contribution < -0.4 is 10.9 Å². The highest BCUT2D eigenvalue weighted by molar-refractivity contribution is 7.99. The van der Waals surface area contributed by atoms with E-state index in [2.05, 4.69) is 22.2 Å². The van der Waals surface area contributed by atoms with Crippen molar-refractivity contribution in [3.05, 3.63) is 86.8 Å². The number of amides is 1. The number of aryl methyl sites for hydroxylation is 1. The molecule has 28 heavy (non-hydrogen) atoms. The largest absolute Gasteiger partial charge is 0.326 e. The van der Waals surface area contributed by atoms with E-state index >= 15 is 0 Å². The lowest BCUT2D eigenvalue weighted by Crippen LogP contribution is -2.23. The number of halogens is 1. The minimum absolute atomic E-state index is 0.0557. The molecule has 0 saturated heterocycles. The molecule has 0 spiro atoms. The molecule has 0 fully saturated rings. The molecule has 1 atom stereocenters. The summed E-state index contributed by atoms with van der Waals surface area (Å²) in [6, 6.07) is 16.9. The van der Waals surface area contributed by atoms with Gasteiger partial charge in [-0.05, 0) is 37.6 Å². The van der Waals surface area contributed by atoms with Gasteiger partial charge in [-0.15, -0.1) is 0 Å². The van der Waals surface area contributed by atoms with Crippen molar-refractivity contribution < 1.29 is 4.79 Å². The molecule has 3 rings (SSSR count). The van der Waals surface area contributed by atoms with Crippen LogP contribution >= 0.6 is 23.4 Å². The lowest BCUT2D eigenvalue weighted by atomic mass is 10.1. The van der Waals surface area contributed by atoms with E-state index in [4.69, 9.17) is 11.6 Å². The predicted molar refractivity (Wildman–Crippen MR) is 114 cm³/mol. The highest BCUT2D eigenvalue weighted by Gasteiger charge is 2.15. The highest BCUT2D eigenvalue weighted by Crippen LogP contribution is 2.32. The van der Waals surface area contributed by atoms with Crippen molar-refractivity contribution in [2.75, 3.05) is 5.32 Å². The number of carbonyl (C=O) groups excluding carboxylic acids is 1. The predicted octanol–water partition coefficient (Wildman–Crippen LogP) is 4.77. The van der Waals surface area contributed by atoms with Crippen molar-refractivity contribution in [2.24, 2.45) is 0 Å². The fraction of sp³-hybridized carbons (Fsp3) is 0.190. The van der Waals surface area contributed by atoms with Gasteiger partial charge in [0.1, 0.15) is 0 Å². The van der Waals surface area contributed by atoms with Crippen LogP contribution in [0.1, 0.15) is 29.0 Å². The third kappa shape index (κ3) is 5.24. The van der Waals surface area contributed by atoms with Crippen molar-refractivity contribution in [3.8, 4) is 0 Å². The minimum atomic E-state index is -0.296. The second-order valence-electron chi connectivity index (χ2n) is 6.34. The molecule has 1 amide bonds. The number of H-pyrrole nitrogens is 1. The van der Waals surface area contributed by atoms with E-state index in [1.165, 1.54) is 11.8 Å². The third-order valence-corrected chi connectivity index (χ3v) is 5.48. The maximum Gasteiger partial charge on any atom is 0.255 e. The number of hydrogen-bond donors (Lipinski definition) is 2. The van der Waals surface area contributed by atoms with Gasteiger partial charge in [-0.2, -0.15) is 0 Å². The zero-order chi connectivity index (χ0) is 20.1. The maximum absolute atomic E-state index is 12.5. The van der Waals surface area contributed by atoms with E-state index in [-0.39, 0.29) is 23.1 Å². The van der Waals surface area contributed by atoms with Crippen molar-refractivity contribution in [1.29, 1.82) is 0 Å². The summed E-state index contributed by atoms with van der Waals surface area (Å²) in [6.07, 6.45) is -0.0557. The number of nitrogens with one attached hydrogen (secondary N) is 2. The summed E-state index contributed by atoms with van der Waals surface area (Å²) in [5.41, 5.74) is 2.35. The smallest absolute Gasteiger partial charge is 0.255 e. The zero-order valence-corrected chi connectivity index (χ0v) is 17.1. The molecular weight excluding hydrogens is 394 g/mol. The number of rotatable bonds is 6. The minimum Gasteiger partial charge on any atom is -0.326 e. The first-order chi connectivity index (χ1) is 13.4. The number of aromatic nitrogens is 2. The fourth-order valence-corrected chi connectivity index (χ4v) is 3.90. The van der Waals surface area contributed by atoms with Crippen LogP contribution in [0, 0.1) is 6.92 Å². The number of anilines is 1. The van der Waals surface area contributed by atoms with Gasteiger partial charge in [0.05, 0.1) is 6.42 Å². The topological polar surface area (TPSA) is 74.8 Å². The van der Waals surface area contributed by atoms with Gasteiger partial charge in [0.25, 0.3) is 5.56 Å². The van der Waals surface area contributed by atoms with Gasteiger partial charge in [-0.25, -0.2) is 4.98 Å². The molecule has 3 aromatic rings. The van der Waals surface area contributed by atoms with Gasteiger partial charge >= 0.3 is 0 Å². The Hall–Kier alpha value is -2.57. The summed E-state index contributed by atoms with van der Waals surface area (Å²) in [7, 11) is 0. The number of hydrogen-bond acceptors (Lipinski definition) is 4. The molecule has 0 bridgehead atoms. The number of thioether (sulfide) groups is 1. The highest BCUT2D eigenvalue weighted by atomic mass is 35.5. The molecule has 1 unspecified atom stereocenters. The van der Waals surface area contributed by atoms with Gasteiger partial charge in [-0.3, -0.25) is 9.59 Å². The number of aromatic amines is 1. The summed E-state index contributed by atoms with van der Waals surface area (Å²) in [5.74, 6) is -0.296. The first-order valence-corrected chi connectivity index (χ1v) is 10.0. The van der Waals surface area contributed by atoms with E-state index in [0.29, 0.717) is 27.1 Å². The standard InChI is InChI=1S/C21H20ClN3O2S/c1-13-18(12-19(26)24-17-10-6-9-16(22)11-17)20(27)25-21(23-13)28-14(2)15-7-4-3-5-8-15/h3-11,14H,12H2,1-2H3,(H,24,26)(H,23,25,27). The molecule has 5 nitrogen and oxygen atoms in total. The fourth-order valence-electron chi connectivity index (χ4n) is 2.74. The first kappa shape index (κ1) is 20.2. The molecule has 0 radical (unpaired) electrons. The van der Waals surface area contributed by atoms with Crippen LogP contribution in [0.2, 0.25) is 5.02 Å². The molecule has 0 aliphatic heterocycles. The summed E-state index contributed by atoms with van der Waals surface area (Å²) in [5, 5.41) is 3.95. The van der Waals surface area contributed by atoms with Crippen molar-refractivity contribution in [3.63, 3.8) is 0 Å². The van der Waals surface area contributed by atoms with Gasteiger partial charge < -0.3 is 10.3 Å². The number of nitrogens with zero attached hydrogens (tertiary/aromatic N) is 1. The number of carbonyl (C=O) groups is 1. The molecule has 1 aromatic heterocycles. The summed E-state index contributed by atoms with van der Waals surface area (Å²) in [4.78, 5) is 32.1. The molecule has 2 aromatic carbocycles. The summed E-state index contributed by atoms with van der Waals surface area (Å²) >= 11 is 7.40. The monoisotopic (exact) mass is 413 g/mol. The van der Waals surface area contributed by atoms with Crippen molar-refractivity contribution >= 4 is 35.0 Å². The quantitative estimate of drug-likeness (QED) is 0.451. The second-order valence-corrected chi connectivity index (χ2v) is 8.11. The molecular formula is C21H20ClN3O2S. The average molecular weight is 414 g/mol. The summed E-state index contributed by atoms with van der Waals surface area (Å²) < 4.78 is 0. The van der Waals surface area contributed by atoms with Crippen LogP contribution in [0.15, 0.2) is 64.5 Å². The average Bonchev–Trinajstić information content (AvgIpc) is 2.65. The Labute approximate surface area is 172 Å². The lowest BCUT2D eigenvalue weighted by molar-refractivity contribution is -0.115. The van der Waals surface area contributed by atoms with Crippen LogP contribution in [0.4, 0.5) is 5.69 Å². The van der Waals surface area contributed by atoms with Crippen LogP contribution in [0.25, 0.3) is 0 Å². The molecule has 0 saturated carbocycles. The molecule has 2 N–H and O–H groups in total. The third-order valence-electron chi connectivity index (χ3n) is 4.20. The van der Waals surface area contributed by atoms with E-state index in [1.54, 1.807) is 31.2 Å². The number of benzene rings is 2. The van der Waals surface area contributed by atoms with Crippen molar-refractivity contribution in [2.45, 2.75) is 30.7 Å². The molecule has 0 aliphatic rings. The maximum atomic E-state index is 12.5. The Morgan fingerprint density at radius 3 is 2.64 bits per heavy atom. The lowest BCUT2D eigenvalue weighted by Gasteiger charge is -2.12. The van der Waals surface area contributed by atoms with Crippen LogP contribution in [-0.4, -0.2) is 15.9 Å². The van der Waals surface area contributed by atoms with Crippen LogP contribution in [-0.2, 0) is 11.2 Å². The van der Waals surface area contributed by atoms with Gasteiger partial charge in [0.2, 0.25) is 5.91 Å². The summed E-state index contributed by atoms with van der Waals surface area (Å²) in [6.45, 7) is 3.80. The molecule has 7 heteroatoms. The first-order valence-electron chi connectivity index (χ1n) is 8.79. The van der Waals surface area contributed by atoms with Gasteiger partial charge in [-0.1, -0.05) is 59.8 Å². The Kier molecular flexibility index (Phi) is 6.54. The van der Waals surface area contributed by atoms with Crippen LogP contribution in [0.5, 0.6) is 0 Å². The van der Waals surface area contributed by atoms with Crippen LogP contribution in [0.3, 0.4) is 0 Å². The molecule has 1 heterocycles.